The average molecular weight is 280 g/mol. The van der Waals surface area contributed by atoms with Crippen LogP contribution in [0.25, 0.3) is 0 Å². The van der Waals surface area contributed by atoms with Gasteiger partial charge in [0.2, 0.25) is 0 Å². The lowest BCUT2D eigenvalue weighted by Crippen LogP contribution is -2.36. The highest BCUT2D eigenvalue weighted by atomic mass is 16.4. The van der Waals surface area contributed by atoms with E-state index in [2.05, 4.69) is 38.0 Å². The number of aromatic carboxylic acids is 1. The maximum atomic E-state index is 11.5. The molecule has 0 aromatic carbocycles. The molecule has 1 fully saturated rings. The van der Waals surface area contributed by atoms with Crippen LogP contribution in [0.5, 0.6) is 0 Å². The Morgan fingerprint density at radius 3 is 2.35 bits per heavy atom. The molecule has 0 amide bonds. The third-order valence-electron chi connectivity index (χ3n) is 4.04. The smallest absolute Gasteiger partial charge is 0.356 e. The fourth-order valence-electron chi connectivity index (χ4n) is 3.90. The molecule has 0 spiro atoms. The summed E-state index contributed by atoms with van der Waals surface area (Å²) in [4.78, 5) is 11.5. The number of nitrogens with zero attached hydrogens (tertiary/aromatic N) is 3. The molecule has 0 radical (unpaired) electrons. The molecule has 1 aliphatic carbocycles. The predicted octanol–water partition coefficient (Wildman–Crippen LogP) is 2.21. The molecule has 0 unspecified atom stereocenters. The van der Waals surface area contributed by atoms with Crippen molar-refractivity contribution in [2.24, 2.45) is 16.6 Å². The largest absolute Gasteiger partial charge is 0.476 e. The second-order valence-corrected chi connectivity index (χ2v) is 7.41. The molecule has 112 valence electrons. The van der Waals surface area contributed by atoms with Crippen LogP contribution >= 0.6 is 0 Å². The fraction of sp³-hybridized carbons (Fsp3) is 0.786. The van der Waals surface area contributed by atoms with Crippen molar-refractivity contribution < 1.29 is 9.90 Å². The van der Waals surface area contributed by atoms with Crippen molar-refractivity contribution in [2.45, 2.75) is 59.5 Å². The first kappa shape index (κ1) is 15.0. The molecular weight excluding hydrogens is 256 g/mol. The monoisotopic (exact) mass is 280 g/mol. The van der Waals surface area contributed by atoms with Gasteiger partial charge in [-0.15, -0.1) is 5.10 Å². The molecule has 1 aromatic heterocycles. The normalized spacial score (nSPS) is 21.9. The Bertz CT molecular complexity index is 503. The first-order valence-corrected chi connectivity index (χ1v) is 7.03. The molecule has 6 heteroatoms. The summed E-state index contributed by atoms with van der Waals surface area (Å²) in [5.41, 5.74) is 6.39. The first-order valence-electron chi connectivity index (χ1n) is 7.03. The molecule has 0 atom stereocenters. The van der Waals surface area contributed by atoms with Gasteiger partial charge < -0.3 is 10.8 Å². The van der Waals surface area contributed by atoms with Crippen molar-refractivity contribution >= 4 is 5.97 Å². The third-order valence-corrected chi connectivity index (χ3v) is 4.04. The number of carbonyl (C=O) groups is 1. The summed E-state index contributed by atoms with van der Waals surface area (Å²) >= 11 is 0. The van der Waals surface area contributed by atoms with Gasteiger partial charge in [0.1, 0.15) is 5.69 Å². The Kier molecular flexibility index (Phi) is 3.62. The van der Waals surface area contributed by atoms with Crippen molar-refractivity contribution in [2.75, 3.05) is 0 Å². The molecule has 1 heterocycles. The molecule has 1 aromatic rings. The number of carboxylic acids is 1. The van der Waals surface area contributed by atoms with Crippen LogP contribution in [-0.4, -0.2) is 26.1 Å². The van der Waals surface area contributed by atoms with Crippen LogP contribution in [0, 0.1) is 10.8 Å². The van der Waals surface area contributed by atoms with Gasteiger partial charge in [-0.2, -0.15) is 0 Å². The van der Waals surface area contributed by atoms with E-state index in [0.29, 0.717) is 5.69 Å². The third kappa shape index (κ3) is 2.85. The van der Waals surface area contributed by atoms with Gasteiger partial charge in [0.25, 0.3) is 0 Å². The van der Waals surface area contributed by atoms with E-state index in [0.717, 1.165) is 19.3 Å². The highest BCUT2D eigenvalue weighted by Gasteiger charge is 2.41. The van der Waals surface area contributed by atoms with Crippen LogP contribution in [0.4, 0.5) is 0 Å². The van der Waals surface area contributed by atoms with Crippen molar-refractivity contribution in [1.82, 2.24) is 15.0 Å². The standard InChI is InChI=1S/C14H24N4O2/c1-13(2)5-9(6-14(3,4)8-13)18-11(12(19)20)10(7-15)16-17-18/h9H,5-8,15H2,1-4H3,(H,19,20). The Labute approximate surface area is 119 Å². The highest BCUT2D eigenvalue weighted by molar-refractivity contribution is 5.86. The van der Waals surface area contributed by atoms with Crippen molar-refractivity contribution in [3.63, 3.8) is 0 Å². The van der Waals surface area contributed by atoms with Crippen LogP contribution in [0.3, 0.4) is 0 Å². The molecule has 3 N–H and O–H groups in total. The molecule has 0 saturated heterocycles. The number of carboxylic acid groups (broad SMARTS) is 1. The second-order valence-electron chi connectivity index (χ2n) is 7.41. The quantitative estimate of drug-likeness (QED) is 0.885. The van der Waals surface area contributed by atoms with Crippen LogP contribution < -0.4 is 5.73 Å². The minimum Gasteiger partial charge on any atom is -0.476 e. The summed E-state index contributed by atoms with van der Waals surface area (Å²) in [6.07, 6.45) is 2.94. The van der Waals surface area contributed by atoms with Crippen LogP contribution in [-0.2, 0) is 6.54 Å². The number of hydrogen-bond donors (Lipinski definition) is 2. The van der Waals surface area contributed by atoms with Crippen LogP contribution in [0.2, 0.25) is 0 Å². The van der Waals surface area contributed by atoms with E-state index in [4.69, 9.17) is 5.73 Å². The van der Waals surface area contributed by atoms with Crippen molar-refractivity contribution in [3.05, 3.63) is 11.4 Å². The Morgan fingerprint density at radius 1 is 1.35 bits per heavy atom. The number of rotatable bonds is 3. The van der Waals surface area contributed by atoms with E-state index >= 15 is 0 Å². The zero-order chi connectivity index (χ0) is 15.1. The first-order chi connectivity index (χ1) is 9.15. The predicted molar refractivity (Wildman–Crippen MR) is 75.3 cm³/mol. The van der Waals surface area contributed by atoms with Gasteiger partial charge in [-0.25, -0.2) is 9.48 Å². The Hall–Kier alpha value is -1.43. The summed E-state index contributed by atoms with van der Waals surface area (Å²) < 4.78 is 1.58. The summed E-state index contributed by atoms with van der Waals surface area (Å²) in [6, 6.07) is 0.0626. The number of aromatic nitrogens is 3. The summed E-state index contributed by atoms with van der Waals surface area (Å²) in [5, 5.41) is 17.4. The Balaban J connectivity index is 2.41. The maximum absolute atomic E-state index is 11.5. The SMILES string of the molecule is CC1(C)CC(n2nnc(CN)c2C(=O)O)CC(C)(C)C1. The average Bonchev–Trinajstić information content (AvgIpc) is 2.67. The van der Waals surface area contributed by atoms with Crippen molar-refractivity contribution in [3.8, 4) is 0 Å². The number of nitrogens with two attached hydrogens (primary N) is 1. The van der Waals surface area contributed by atoms with Gasteiger partial charge in [0.05, 0.1) is 6.04 Å². The minimum atomic E-state index is -1.00. The molecule has 2 rings (SSSR count). The summed E-state index contributed by atoms with van der Waals surface area (Å²) in [6.45, 7) is 9.00. The van der Waals surface area contributed by atoms with E-state index in [1.165, 1.54) is 0 Å². The lowest BCUT2D eigenvalue weighted by atomic mass is 9.63. The lowest BCUT2D eigenvalue weighted by Gasteiger charge is -2.44. The molecule has 0 aliphatic heterocycles. The van der Waals surface area contributed by atoms with Gasteiger partial charge in [0.15, 0.2) is 5.69 Å². The molecule has 6 nitrogen and oxygen atoms in total. The van der Waals surface area contributed by atoms with Gasteiger partial charge >= 0.3 is 5.97 Å². The van der Waals surface area contributed by atoms with E-state index in [9.17, 15) is 9.90 Å². The van der Waals surface area contributed by atoms with E-state index in [-0.39, 0.29) is 29.1 Å². The van der Waals surface area contributed by atoms with Gasteiger partial charge in [0, 0.05) is 6.54 Å². The maximum Gasteiger partial charge on any atom is 0.356 e. The molecule has 0 bridgehead atoms. The topological polar surface area (TPSA) is 94.0 Å². The van der Waals surface area contributed by atoms with Crippen LogP contribution in [0.1, 0.15) is 69.2 Å². The highest BCUT2D eigenvalue weighted by Crippen LogP contribution is 2.50. The summed E-state index contributed by atoms with van der Waals surface area (Å²) in [7, 11) is 0. The lowest BCUT2D eigenvalue weighted by molar-refractivity contribution is 0.0563. The Morgan fingerprint density at radius 2 is 1.90 bits per heavy atom. The van der Waals surface area contributed by atoms with Crippen LogP contribution in [0.15, 0.2) is 0 Å². The second kappa shape index (κ2) is 4.84. The van der Waals surface area contributed by atoms with Crippen molar-refractivity contribution in [1.29, 1.82) is 0 Å². The molecule has 1 saturated carbocycles. The molecular formula is C14H24N4O2. The van der Waals surface area contributed by atoms with Gasteiger partial charge in [-0.05, 0) is 30.1 Å². The zero-order valence-corrected chi connectivity index (χ0v) is 12.7. The van der Waals surface area contributed by atoms with E-state index in [1.54, 1.807) is 4.68 Å². The number of hydrogen-bond acceptors (Lipinski definition) is 4. The zero-order valence-electron chi connectivity index (χ0n) is 12.7. The fourth-order valence-corrected chi connectivity index (χ4v) is 3.90. The van der Waals surface area contributed by atoms with E-state index in [1.807, 2.05) is 0 Å². The molecule has 20 heavy (non-hydrogen) atoms. The summed E-state index contributed by atoms with van der Waals surface area (Å²) in [5.74, 6) is -1.00. The van der Waals surface area contributed by atoms with E-state index < -0.39 is 5.97 Å². The van der Waals surface area contributed by atoms with Gasteiger partial charge in [-0.1, -0.05) is 32.9 Å². The minimum absolute atomic E-state index is 0.0626. The van der Waals surface area contributed by atoms with Gasteiger partial charge in [-0.3, -0.25) is 0 Å². The molecule has 1 aliphatic rings.